The molecule has 2 aromatic heterocycles. The first-order valence-corrected chi connectivity index (χ1v) is 14.6. The standard InChI is InChI=1S/C32H33N7O8/c1-4-8-26-33-28(32(2,3)43)27(30(40)41)37(26)18-20-13-15-22(16-14-20)24-11-5-6-12-25(24)29-34-36-38(35-29)31(42)47-23-10-7-9-21(17-23)19-46-39(44)45/h5-7,9-17,43-45H,4,8,18-19H2,1-3H3,(H,40,41). The molecule has 3 aromatic carbocycles. The number of carboxylic acids is 1. The second-order valence-corrected chi connectivity index (χ2v) is 11.1. The number of rotatable bonds is 12. The lowest BCUT2D eigenvalue weighted by Crippen LogP contribution is -2.22. The molecular weight excluding hydrogens is 610 g/mol. The maximum atomic E-state index is 12.8. The van der Waals surface area contributed by atoms with Crippen LogP contribution in [0.25, 0.3) is 22.5 Å². The number of nitrogens with zero attached hydrogens (tertiary/aromatic N) is 7. The van der Waals surface area contributed by atoms with Crippen molar-refractivity contribution in [2.24, 2.45) is 0 Å². The number of imidazole rings is 1. The molecule has 0 aliphatic rings. The summed E-state index contributed by atoms with van der Waals surface area (Å²) in [4.78, 5) is 34.8. The molecule has 47 heavy (non-hydrogen) atoms. The van der Waals surface area contributed by atoms with Crippen LogP contribution in [0.4, 0.5) is 4.79 Å². The first-order valence-electron chi connectivity index (χ1n) is 14.6. The first-order chi connectivity index (χ1) is 22.4. The summed E-state index contributed by atoms with van der Waals surface area (Å²) in [6, 6.07) is 21.1. The topological polar surface area (TPSA) is 198 Å². The second-order valence-electron chi connectivity index (χ2n) is 11.1. The lowest BCUT2D eigenvalue weighted by Gasteiger charge is -2.16. The molecule has 0 spiro atoms. The fourth-order valence-electron chi connectivity index (χ4n) is 5.00. The van der Waals surface area contributed by atoms with Crippen LogP contribution in [0.2, 0.25) is 0 Å². The van der Waals surface area contributed by atoms with Gasteiger partial charge in [0.05, 0.1) is 12.0 Å². The van der Waals surface area contributed by atoms with Gasteiger partial charge in [-0.2, -0.15) is 0 Å². The maximum Gasteiger partial charge on any atom is 0.459 e. The molecular formula is C32H33N7O8. The predicted molar refractivity (Wildman–Crippen MR) is 164 cm³/mol. The lowest BCUT2D eigenvalue weighted by atomic mass is 9.98. The van der Waals surface area contributed by atoms with Gasteiger partial charge in [-0.05, 0) is 59.9 Å². The van der Waals surface area contributed by atoms with Crippen LogP contribution in [0.15, 0.2) is 72.8 Å². The monoisotopic (exact) mass is 643 g/mol. The van der Waals surface area contributed by atoms with Crippen LogP contribution in [0.3, 0.4) is 0 Å². The quantitative estimate of drug-likeness (QED) is 0.137. The van der Waals surface area contributed by atoms with E-state index < -0.39 is 23.1 Å². The van der Waals surface area contributed by atoms with Crippen LogP contribution < -0.4 is 4.74 Å². The molecule has 244 valence electrons. The fraction of sp³-hybridized carbons (Fsp3) is 0.250. The largest absolute Gasteiger partial charge is 0.477 e. The van der Waals surface area contributed by atoms with Gasteiger partial charge in [-0.1, -0.05) is 72.4 Å². The number of ether oxygens (including phenoxy) is 1. The average Bonchev–Trinajstić information content (AvgIpc) is 3.67. The predicted octanol–water partition coefficient (Wildman–Crippen LogP) is 4.69. The van der Waals surface area contributed by atoms with Crippen molar-refractivity contribution in [3.05, 3.63) is 101 Å². The van der Waals surface area contributed by atoms with Crippen molar-refractivity contribution in [2.45, 2.75) is 52.4 Å². The van der Waals surface area contributed by atoms with Crippen molar-refractivity contribution >= 4 is 12.1 Å². The van der Waals surface area contributed by atoms with Gasteiger partial charge in [0.1, 0.15) is 22.9 Å². The van der Waals surface area contributed by atoms with E-state index in [0.717, 1.165) is 27.9 Å². The Morgan fingerprint density at radius 1 is 0.957 bits per heavy atom. The Morgan fingerprint density at radius 3 is 2.34 bits per heavy atom. The summed E-state index contributed by atoms with van der Waals surface area (Å²) in [5.41, 5.74) is 2.20. The Kier molecular flexibility index (Phi) is 9.83. The number of hydrogen-bond acceptors (Lipinski definition) is 12. The van der Waals surface area contributed by atoms with Crippen LogP contribution in [0.5, 0.6) is 5.75 Å². The molecule has 0 saturated carbocycles. The molecule has 4 N–H and O–H groups in total. The molecule has 0 saturated heterocycles. The number of carbonyl (C=O) groups excluding carboxylic acids is 1. The van der Waals surface area contributed by atoms with Gasteiger partial charge >= 0.3 is 12.1 Å². The number of benzene rings is 3. The van der Waals surface area contributed by atoms with E-state index in [-0.39, 0.29) is 36.1 Å². The van der Waals surface area contributed by atoms with E-state index in [0.29, 0.717) is 23.4 Å². The first kappa shape index (κ1) is 33.1. The van der Waals surface area contributed by atoms with Gasteiger partial charge < -0.3 is 19.5 Å². The highest BCUT2D eigenvalue weighted by atomic mass is 17.1. The maximum absolute atomic E-state index is 12.8. The Bertz CT molecular complexity index is 1880. The zero-order chi connectivity index (χ0) is 33.7. The SMILES string of the molecule is CCCc1nc(C(C)(C)O)c(C(=O)O)n1Cc1ccc(-c2ccccc2-c2nnn(C(=O)Oc3cccc(CON(O)O)c3)n2)cc1. The molecule has 0 fully saturated rings. The molecule has 5 rings (SSSR count). The van der Waals surface area contributed by atoms with E-state index in [4.69, 9.17) is 15.2 Å². The summed E-state index contributed by atoms with van der Waals surface area (Å²) in [5, 5.41) is 49.8. The third-order valence-corrected chi connectivity index (χ3v) is 7.10. The second kappa shape index (κ2) is 14.0. The molecule has 0 aliphatic heterocycles. The number of carbonyl (C=O) groups is 2. The molecule has 5 aromatic rings. The number of aryl methyl sites for hydroxylation is 1. The number of tetrazole rings is 1. The number of aliphatic hydroxyl groups is 1. The third kappa shape index (κ3) is 7.74. The van der Waals surface area contributed by atoms with Crippen LogP contribution >= 0.6 is 0 Å². The highest BCUT2D eigenvalue weighted by Crippen LogP contribution is 2.31. The summed E-state index contributed by atoms with van der Waals surface area (Å²) < 4.78 is 6.99. The van der Waals surface area contributed by atoms with E-state index in [1.165, 1.54) is 26.0 Å². The van der Waals surface area contributed by atoms with Crippen molar-refractivity contribution in [1.29, 1.82) is 0 Å². The smallest absolute Gasteiger partial charge is 0.459 e. The summed E-state index contributed by atoms with van der Waals surface area (Å²) in [6.45, 7) is 5.09. The van der Waals surface area contributed by atoms with E-state index >= 15 is 0 Å². The molecule has 0 atom stereocenters. The molecule has 0 bridgehead atoms. The molecule has 0 unspecified atom stereocenters. The molecule has 15 heteroatoms. The van der Waals surface area contributed by atoms with Crippen LogP contribution in [0, 0.1) is 0 Å². The summed E-state index contributed by atoms with van der Waals surface area (Å²) in [5.74, 6) is -0.234. The van der Waals surface area contributed by atoms with Gasteiger partial charge in [-0.25, -0.2) is 19.4 Å². The summed E-state index contributed by atoms with van der Waals surface area (Å²) in [7, 11) is 0. The molecule has 15 nitrogen and oxygen atoms in total. The van der Waals surface area contributed by atoms with Crippen molar-refractivity contribution in [3.63, 3.8) is 0 Å². The molecule has 2 heterocycles. The zero-order valence-corrected chi connectivity index (χ0v) is 25.8. The van der Waals surface area contributed by atoms with E-state index in [2.05, 4.69) is 25.2 Å². The van der Waals surface area contributed by atoms with E-state index in [1.807, 2.05) is 49.4 Å². The van der Waals surface area contributed by atoms with Gasteiger partial charge in [0.25, 0.3) is 0 Å². The highest BCUT2D eigenvalue weighted by molar-refractivity contribution is 5.87. The van der Waals surface area contributed by atoms with Crippen molar-refractivity contribution in [2.75, 3.05) is 0 Å². The van der Waals surface area contributed by atoms with E-state index in [9.17, 15) is 19.8 Å². The number of aromatic carboxylic acids is 1. The molecule has 0 amide bonds. The Balaban J connectivity index is 1.36. The number of hydrogen-bond donors (Lipinski definition) is 4. The fourth-order valence-corrected chi connectivity index (χ4v) is 5.00. The van der Waals surface area contributed by atoms with Crippen molar-refractivity contribution < 1.29 is 39.8 Å². The Morgan fingerprint density at radius 2 is 1.68 bits per heavy atom. The zero-order valence-electron chi connectivity index (χ0n) is 25.8. The van der Waals surface area contributed by atoms with Crippen LogP contribution in [0.1, 0.15) is 60.3 Å². The van der Waals surface area contributed by atoms with Gasteiger partial charge in [0.15, 0.2) is 5.69 Å². The van der Waals surface area contributed by atoms with Crippen LogP contribution in [-0.2, 0) is 30.0 Å². The number of aromatic nitrogens is 6. The van der Waals surface area contributed by atoms with Gasteiger partial charge in [-0.15, -0.1) is 10.2 Å². The van der Waals surface area contributed by atoms with E-state index in [1.54, 1.807) is 22.8 Å². The summed E-state index contributed by atoms with van der Waals surface area (Å²) in [6.07, 6.45) is 0.398. The minimum Gasteiger partial charge on any atom is -0.477 e. The highest BCUT2D eigenvalue weighted by Gasteiger charge is 2.31. The lowest BCUT2D eigenvalue weighted by molar-refractivity contribution is -0.497. The normalized spacial score (nSPS) is 11.6. The van der Waals surface area contributed by atoms with Gasteiger partial charge in [-0.3, -0.25) is 10.4 Å². The molecule has 0 radical (unpaired) electrons. The third-order valence-electron chi connectivity index (χ3n) is 7.10. The summed E-state index contributed by atoms with van der Waals surface area (Å²) >= 11 is 0. The van der Waals surface area contributed by atoms with Gasteiger partial charge in [0.2, 0.25) is 5.82 Å². The minimum absolute atomic E-state index is 0.0375. The average molecular weight is 644 g/mol. The van der Waals surface area contributed by atoms with Crippen molar-refractivity contribution in [3.8, 4) is 28.3 Å². The van der Waals surface area contributed by atoms with Gasteiger partial charge in [0, 0.05) is 18.5 Å². The number of carboxylic acid groups (broad SMARTS) is 1. The molecule has 0 aliphatic carbocycles. The Hall–Kier alpha value is -5.32. The van der Waals surface area contributed by atoms with Crippen LogP contribution in [-0.4, -0.2) is 67.8 Å². The van der Waals surface area contributed by atoms with Crippen molar-refractivity contribution in [1.82, 2.24) is 35.1 Å². The minimum atomic E-state index is -1.42. The Labute approximate surface area is 268 Å².